The zero-order chi connectivity index (χ0) is 12.7. The van der Waals surface area contributed by atoms with Gasteiger partial charge in [-0.1, -0.05) is 12.8 Å². The van der Waals surface area contributed by atoms with E-state index in [0.717, 1.165) is 25.7 Å². The Morgan fingerprint density at radius 2 is 1.82 bits per heavy atom. The van der Waals surface area contributed by atoms with E-state index in [2.05, 4.69) is 10.6 Å². The summed E-state index contributed by atoms with van der Waals surface area (Å²) in [7, 11) is 0. The van der Waals surface area contributed by atoms with E-state index in [-0.39, 0.29) is 36.9 Å². The number of nitrogens with one attached hydrogen (secondary N) is 2. The zero-order valence-electron chi connectivity index (χ0n) is 10.00. The number of hydrogen-bond donors (Lipinski definition) is 4. The molecule has 0 spiro atoms. The highest BCUT2D eigenvalue weighted by atomic mass is 16.3. The maximum Gasteiger partial charge on any atom is 0.239 e. The summed E-state index contributed by atoms with van der Waals surface area (Å²) in [5, 5.41) is 14.5. The molecule has 1 rings (SSSR count). The Balaban J connectivity index is 2.25. The molecule has 0 aliphatic heterocycles. The molecule has 0 bridgehead atoms. The van der Waals surface area contributed by atoms with E-state index < -0.39 is 0 Å². The molecule has 6 nitrogen and oxygen atoms in total. The summed E-state index contributed by atoms with van der Waals surface area (Å²) in [4.78, 5) is 22.3. The lowest BCUT2D eigenvalue weighted by Gasteiger charge is -2.26. The molecule has 6 heteroatoms. The number of hydrogen-bond acceptors (Lipinski definition) is 4. The van der Waals surface area contributed by atoms with Crippen LogP contribution in [0.25, 0.3) is 0 Å². The fourth-order valence-electron chi connectivity index (χ4n) is 2.12. The van der Waals surface area contributed by atoms with Gasteiger partial charge in [0, 0.05) is 12.0 Å². The molecule has 0 saturated heterocycles. The molecule has 0 atom stereocenters. The number of aliphatic hydroxyl groups is 1. The summed E-state index contributed by atoms with van der Waals surface area (Å²) in [6.07, 6.45) is 4.08. The number of carbonyl (C=O) groups excluding carboxylic acids is 2. The van der Waals surface area contributed by atoms with Gasteiger partial charge in [-0.2, -0.15) is 0 Å². The first-order chi connectivity index (χ1) is 8.12. The highest BCUT2D eigenvalue weighted by molar-refractivity contribution is 5.85. The normalized spacial score (nSPS) is 17.8. The molecular weight excluding hydrogens is 222 g/mol. The number of amides is 2. The van der Waals surface area contributed by atoms with Crippen LogP contribution in [0.4, 0.5) is 0 Å². The molecule has 1 saturated carbocycles. The van der Waals surface area contributed by atoms with Crippen molar-refractivity contribution in [2.75, 3.05) is 26.2 Å². The summed E-state index contributed by atoms with van der Waals surface area (Å²) < 4.78 is 0. The topological polar surface area (TPSA) is 104 Å². The maximum absolute atomic E-state index is 11.4. The molecule has 2 amide bonds. The van der Waals surface area contributed by atoms with Gasteiger partial charge >= 0.3 is 0 Å². The molecule has 17 heavy (non-hydrogen) atoms. The Bertz CT molecular complexity index is 275. The van der Waals surface area contributed by atoms with Gasteiger partial charge in [-0.25, -0.2) is 0 Å². The minimum Gasteiger partial charge on any atom is -0.396 e. The summed E-state index contributed by atoms with van der Waals surface area (Å²) in [6.45, 7) is 0.397. The second-order valence-corrected chi connectivity index (χ2v) is 4.62. The average Bonchev–Trinajstić information content (AvgIpc) is 2.82. The van der Waals surface area contributed by atoms with Gasteiger partial charge in [0.1, 0.15) is 0 Å². The molecule has 0 heterocycles. The van der Waals surface area contributed by atoms with Crippen LogP contribution in [0.5, 0.6) is 0 Å². The lowest BCUT2D eigenvalue weighted by Crippen LogP contribution is -2.44. The van der Waals surface area contributed by atoms with Crippen molar-refractivity contribution in [3.05, 3.63) is 0 Å². The Hall–Kier alpha value is -1.14. The van der Waals surface area contributed by atoms with Crippen molar-refractivity contribution >= 4 is 11.8 Å². The van der Waals surface area contributed by atoms with Crippen molar-refractivity contribution in [3.8, 4) is 0 Å². The maximum atomic E-state index is 11.4. The van der Waals surface area contributed by atoms with Crippen molar-refractivity contribution in [1.29, 1.82) is 0 Å². The van der Waals surface area contributed by atoms with Gasteiger partial charge in [0.15, 0.2) is 0 Å². The molecule has 0 radical (unpaired) electrons. The van der Waals surface area contributed by atoms with E-state index in [0.29, 0.717) is 6.54 Å². The predicted octanol–water partition coefficient (Wildman–Crippen LogP) is -1.27. The highest BCUT2D eigenvalue weighted by Gasteiger charge is 2.33. The van der Waals surface area contributed by atoms with E-state index >= 15 is 0 Å². The van der Waals surface area contributed by atoms with Crippen LogP contribution in [0.15, 0.2) is 0 Å². The third-order valence-corrected chi connectivity index (χ3v) is 3.29. The highest BCUT2D eigenvalue weighted by Crippen LogP contribution is 2.36. The fraction of sp³-hybridized carbons (Fsp3) is 0.818. The van der Waals surface area contributed by atoms with Gasteiger partial charge in [-0.3, -0.25) is 9.59 Å². The van der Waals surface area contributed by atoms with E-state index in [1.807, 2.05) is 0 Å². The molecule has 1 fully saturated rings. The minimum absolute atomic E-state index is 0.0580. The zero-order valence-corrected chi connectivity index (χ0v) is 10.00. The molecule has 98 valence electrons. The average molecular weight is 243 g/mol. The molecule has 1 aliphatic carbocycles. The standard InChI is InChI=1S/C11H21N3O3/c12-5-9(16)13-6-10(17)14-7-11(8-15)3-1-2-4-11/h15H,1-8,12H2,(H,13,16)(H,14,17). The molecule has 5 N–H and O–H groups in total. The Labute approximate surface area is 101 Å². The van der Waals surface area contributed by atoms with Gasteiger partial charge in [0.05, 0.1) is 19.7 Å². The second kappa shape index (κ2) is 6.56. The van der Waals surface area contributed by atoms with Crippen molar-refractivity contribution in [1.82, 2.24) is 10.6 Å². The minimum atomic E-state index is -0.349. The smallest absolute Gasteiger partial charge is 0.239 e. The lowest BCUT2D eigenvalue weighted by molar-refractivity contribution is -0.125. The van der Waals surface area contributed by atoms with E-state index in [9.17, 15) is 14.7 Å². The van der Waals surface area contributed by atoms with Crippen molar-refractivity contribution in [3.63, 3.8) is 0 Å². The quantitative estimate of drug-likeness (QED) is 0.467. The number of nitrogens with two attached hydrogens (primary N) is 1. The van der Waals surface area contributed by atoms with Crippen LogP contribution in [0.2, 0.25) is 0 Å². The number of rotatable bonds is 6. The first-order valence-corrected chi connectivity index (χ1v) is 5.96. The van der Waals surface area contributed by atoms with E-state index in [1.54, 1.807) is 0 Å². The first kappa shape index (κ1) is 13.9. The molecule has 0 aromatic heterocycles. The Morgan fingerprint density at radius 1 is 1.18 bits per heavy atom. The van der Waals surface area contributed by atoms with Crippen LogP contribution in [0, 0.1) is 5.41 Å². The SMILES string of the molecule is NCC(=O)NCC(=O)NCC1(CO)CCCC1. The Kier molecular flexibility index (Phi) is 5.37. The monoisotopic (exact) mass is 243 g/mol. The molecule has 0 aromatic carbocycles. The van der Waals surface area contributed by atoms with Crippen molar-refractivity contribution < 1.29 is 14.7 Å². The molecule has 0 unspecified atom stereocenters. The molecule has 0 aromatic rings. The van der Waals surface area contributed by atoms with Crippen LogP contribution in [0.3, 0.4) is 0 Å². The van der Waals surface area contributed by atoms with Crippen LogP contribution in [-0.2, 0) is 9.59 Å². The third kappa shape index (κ3) is 4.32. The third-order valence-electron chi connectivity index (χ3n) is 3.29. The summed E-state index contributed by atoms with van der Waals surface area (Å²) in [5.41, 5.74) is 4.94. The second-order valence-electron chi connectivity index (χ2n) is 4.62. The van der Waals surface area contributed by atoms with E-state index in [1.165, 1.54) is 0 Å². The van der Waals surface area contributed by atoms with Gasteiger partial charge in [0.2, 0.25) is 11.8 Å². The number of aliphatic hydroxyl groups excluding tert-OH is 1. The summed E-state index contributed by atoms with van der Waals surface area (Å²) in [6, 6.07) is 0. The van der Waals surface area contributed by atoms with Gasteiger partial charge in [0.25, 0.3) is 0 Å². The van der Waals surface area contributed by atoms with E-state index in [4.69, 9.17) is 5.73 Å². The van der Waals surface area contributed by atoms with Crippen LogP contribution < -0.4 is 16.4 Å². The van der Waals surface area contributed by atoms with Gasteiger partial charge in [-0.15, -0.1) is 0 Å². The van der Waals surface area contributed by atoms with Crippen molar-refractivity contribution in [2.24, 2.45) is 11.1 Å². The summed E-state index contributed by atoms with van der Waals surface area (Å²) >= 11 is 0. The summed E-state index contributed by atoms with van der Waals surface area (Å²) in [5.74, 6) is -0.593. The van der Waals surface area contributed by atoms with Gasteiger partial charge in [-0.05, 0) is 12.8 Å². The van der Waals surface area contributed by atoms with Gasteiger partial charge < -0.3 is 21.5 Å². The fourth-order valence-corrected chi connectivity index (χ4v) is 2.12. The van der Waals surface area contributed by atoms with Crippen LogP contribution in [0.1, 0.15) is 25.7 Å². The Morgan fingerprint density at radius 3 is 2.35 bits per heavy atom. The van der Waals surface area contributed by atoms with Crippen LogP contribution in [-0.4, -0.2) is 43.2 Å². The largest absolute Gasteiger partial charge is 0.396 e. The first-order valence-electron chi connectivity index (χ1n) is 5.96. The predicted molar refractivity (Wildman–Crippen MR) is 63.1 cm³/mol. The molecule has 1 aliphatic rings. The molecular formula is C11H21N3O3. The lowest BCUT2D eigenvalue weighted by atomic mass is 9.87. The van der Waals surface area contributed by atoms with Crippen molar-refractivity contribution in [2.45, 2.75) is 25.7 Å². The number of carbonyl (C=O) groups is 2. The van der Waals surface area contributed by atoms with Crippen LogP contribution >= 0.6 is 0 Å².